The van der Waals surface area contributed by atoms with Crippen LogP contribution in [0.15, 0.2) is 47.7 Å². The second-order valence-corrected chi connectivity index (χ2v) is 7.01. The molecule has 0 radical (unpaired) electrons. The number of pyridine rings is 1. The number of nitrogens with zero attached hydrogens (tertiary/aromatic N) is 5. The van der Waals surface area contributed by atoms with Crippen molar-refractivity contribution in [3.63, 3.8) is 0 Å². The smallest absolute Gasteiger partial charge is 0.255 e. The number of aromatic amines is 1. The Labute approximate surface area is 162 Å². The summed E-state index contributed by atoms with van der Waals surface area (Å²) in [5, 5.41) is 1.01. The van der Waals surface area contributed by atoms with Crippen LogP contribution >= 0.6 is 0 Å². The molecule has 1 fully saturated rings. The SMILES string of the molecule is CN(C)c1ncnc2ccc(N3CCN(C(=O)c4ccc(=O)[nH]c4)CC3)cc12. The number of benzene rings is 1. The molecule has 1 saturated heterocycles. The molecule has 0 bridgehead atoms. The number of carbonyl (C=O) groups excluding carboxylic acids is 1. The predicted octanol–water partition coefficient (Wildman–Crippen LogP) is 1.35. The van der Waals surface area contributed by atoms with Gasteiger partial charge in [0.1, 0.15) is 12.1 Å². The molecular formula is C20H22N6O2. The summed E-state index contributed by atoms with van der Waals surface area (Å²) in [5.41, 5.74) is 2.31. The van der Waals surface area contributed by atoms with Crippen molar-refractivity contribution in [1.82, 2.24) is 19.9 Å². The molecule has 8 heteroatoms. The number of anilines is 2. The summed E-state index contributed by atoms with van der Waals surface area (Å²) in [6, 6.07) is 9.14. The number of rotatable bonds is 3. The summed E-state index contributed by atoms with van der Waals surface area (Å²) in [5.74, 6) is 0.830. The van der Waals surface area contributed by atoms with Crippen LogP contribution in [0.3, 0.4) is 0 Å². The van der Waals surface area contributed by atoms with Crippen molar-refractivity contribution in [2.24, 2.45) is 0 Å². The second-order valence-electron chi connectivity index (χ2n) is 7.01. The number of carbonyl (C=O) groups is 1. The predicted molar refractivity (Wildman–Crippen MR) is 109 cm³/mol. The molecular weight excluding hydrogens is 356 g/mol. The average molecular weight is 378 g/mol. The maximum absolute atomic E-state index is 12.6. The van der Waals surface area contributed by atoms with Gasteiger partial charge in [0, 0.05) is 63.6 Å². The van der Waals surface area contributed by atoms with Crippen molar-refractivity contribution in [2.75, 3.05) is 50.1 Å². The molecule has 28 heavy (non-hydrogen) atoms. The molecule has 144 valence electrons. The lowest BCUT2D eigenvalue weighted by atomic mass is 10.1. The highest BCUT2D eigenvalue weighted by molar-refractivity contribution is 5.94. The Morgan fingerprint density at radius 1 is 1.07 bits per heavy atom. The zero-order valence-corrected chi connectivity index (χ0v) is 15.9. The third-order valence-electron chi connectivity index (χ3n) is 4.98. The van der Waals surface area contributed by atoms with Gasteiger partial charge >= 0.3 is 0 Å². The van der Waals surface area contributed by atoms with Crippen LogP contribution in [0.1, 0.15) is 10.4 Å². The van der Waals surface area contributed by atoms with Gasteiger partial charge < -0.3 is 19.7 Å². The van der Waals surface area contributed by atoms with Crippen LogP contribution < -0.4 is 15.4 Å². The molecule has 4 rings (SSSR count). The first-order valence-electron chi connectivity index (χ1n) is 9.18. The number of hydrogen-bond donors (Lipinski definition) is 1. The Kier molecular flexibility index (Phi) is 4.68. The summed E-state index contributed by atoms with van der Waals surface area (Å²) >= 11 is 0. The fourth-order valence-corrected chi connectivity index (χ4v) is 3.48. The number of amides is 1. The Hall–Kier alpha value is -3.42. The molecule has 1 aliphatic heterocycles. The molecule has 3 heterocycles. The third-order valence-corrected chi connectivity index (χ3v) is 4.98. The van der Waals surface area contributed by atoms with E-state index < -0.39 is 0 Å². The number of piperazine rings is 1. The molecule has 0 atom stereocenters. The van der Waals surface area contributed by atoms with Gasteiger partial charge in [-0.25, -0.2) is 9.97 Å². The van der Waals surface area contributed by atoms with E-state index in [0.29, 0.717) is 18.7 Å². The number of nitrogens with one attached hydrogen (secondary N) is 1. The Balaban J connectivity index is 1.50. The normalized spacial score (nSPS) is 14.4. The lowest BCUT2D eigenvalue weighted by molar-refractivity contribution is 0.0746. The van der Waals surface area contributed by atoms with Crippen LogP contribution in [0.2, 0.25) is 0 Å². The molecule has 0 unspecified atom stereocenters. The van der Waals surface area contributed by atoms with E-state index in [0.717, 1.165) is 35.5 Å². The average Bonchev–Trinajstić information content (AvgIpc) is 2.73. The van der Waals surface area contributed by atoms with Crippen LogP contribution in [-0.2, 0) is 0 Å². The quantitative estimate of drug-likeness (QED) is 0.740. The molecule has 1 amide bonds. The van der Waals surface area contributed by atoms with Crippen molar-refractivity contribution in [1.29, 1.82) is 0 Å². The van der Waals surface area contributed by atoms with Crippen LogP contribution in [0.25, 0.3) is 10.9 Å². The van der Waals surface area contributed by atoms with Crippen LogP contribution in [0, 0.1) is 0 Å². The number of H-pyrrole nitrogens is 1. The second kappa shape index (κ2) is 7.30. The van der Waals surface area contributed by atoms with Gasteiger partial charge in [0.05, 0.1) is 11.1 Å². The zero-order valence-electron chi connectivity index (χ0n) is 15.9. The van der Waals surface area contributed by atoms with Crippen molar-refractivity contribution in [3.05, 3.63) is 58.8 Å². The first-order chi connectivity index (χ1) is 13.5. The Morgan fingerprint density at radius 2 is 1.86 bits per heavy atom. The first-order valence-corrected chi connectivity index (χ1v) is 9.18. The fraction of sp³-hybridized carbons (Fsp3) is 0.300. The number of aromatic nitrogens is 3. The van der Waals surface area contributed by atoms with E-state index in [-0.39, 0.29) is 11.5 Å². The van der Waals surface area contributed by atoms with Gasteiger partial charge in [-0.2, -0.15) is 0 Å². The highest BCUT2D eigenvalue weighted by Gasteiger charge is 2.23. The van der Waals surface area contributed by atoms with E-state index in [9.17, 15) is 9.59 Å². The molecule has 0 spiro atoms. The molecule has 1 N–H and O–H groups in total. The molecule has 8 nitrogen and oxygen atoms in total. The standard InChI is InChI=1S/C20H22N6O2/c1-24(2)19-16-11-15(4-5-17(16)22-13-23-19)25-7-9-26(10-8-25)20(28)14-3-6-18(27)21-12-14/h3-6,11-13H,7-10H2,1-2H3,(H,21,27). The van der Waals surface area contributed by atoms with Gasteiger partial charge in [-0.3, -0.25) is 9.59 Å². The lowest BCUT2D eigenvalue weighted by Gasteiger charge is -2.36. The maximum atomic E-state index is 12.6. The summed E-state index contributed by atoms with van der Waals surface area (Å²) in [6.07, 6.45) is 3.06. The molecule has 3 aromatic rings. The fourth-order valence-electron chi connectivity index (χ4n) is 3.48. The molecule has 0 saturated carbocycles. The summed E-state index contributed by atoms with van der Waals surface area (Å²) in [4.78, 5) is 41.2. The van der Waals surface area contributed by atoms with Crippen molar-refractivity contribution in [2.45, 2.75) is 0 Å². The van der Waals surface area contributed by atoms with Gasteiger partial charge in [0.15, 0.2) is 0 Å². The maximum Gasteiger partial charge on any atom is 0.255 e. The van der Waals surface area contributed by atoms with Gasteiger partial charge in [0.2, 0.25) is 5.56 Å². The highest BCUT2D eigenvalue weighted by atomic mass is 16.2. The Bertz CT molecular complexity index is 1050. The largest absolute Gasteiger partial charge is 0.368 e. The van der Waals surface area contributed by atoms with E-state index in [4.69, 9.17) is 0 Å². The van der Waals surface area contributed by atoms with Crippen molar-refractivity contribution >= 4 is 28.3 Å². The van der Waals surface area contributed by atoms with Crippen LogP contribution in [-0.4, -0.2) is 66.0 Å². The summed E-state index contributed by atoms with van der Waals surface area (Å²) in [6.45, 7) is 2.74. The zero-order chi connectivity index (χ0) is 19.7. The lowest BCUT2D eigenvalue weighted by Crippen LogP contribution is -2.48. The molecule has 1 aromatic carbocycles. The van der Waals surface area contributed by atoms with Crippen molar-refractivity contribution in [3.8, 4) is 0 Å². The van der Waals surface area contributed by atoms with Gasteiger partial charge in [-0.1, -0.05) is 0 Å². The third kappa shape index (κ3) is 3.40. The highest BCUT2D eigenvalue weighted by Crippen LogP contribution is 2.27. The molecule has 0 aliphatic carbocycles. The molecule has 2 aromatic heterocycles. The van der Waals surface area contributed by atoms with E-state index in [2.05, 4.69) is 32.0 Å². The first kappa shape index (κ1) is 18.0. The summed E-state index contributed by atoms with van der Waals surface area (Å²) < 4.78 is 0. The monoisotopic (exact) mass is 378 g/mol. The minimum atomic E-state index is -0.209. The minimum Gasteiger partial charge on any atom is -0.368 e. The van der Waals surface area contributed by atoms with Gasteiger partial charge in [-0.05, 0) is 24.3 Å². The number of hydrogen-bond acceptors (Lipinski definition) is 6. The van der Waals surface area contributed by atoms with Gasteiger partial charge in [0.25, 0.3) is 5.91 Å². The topological polar surface area (TPSA) is 85.4 Å². The molecule has 1 aliphatic rings. The van der Waals surface area contributed by atoms with Crippen LogP contribution in [0.5, 0.6) is 0 Å². The van der Waals surface area contributed by atoms with E-state index in [1.807, 2.05) is 30.0 Å². The van der Waals surface area contributed by atoms with Crippen LogP contribution in [0.4, 0.5) is 11.5 Å². The summed E-state index contributed by atoms with van der Waals surface area (Å²) in [7, 11) is 3.94. The number of fused-ring (bicyclic) bond motifs is 1. The van der Waals surface area contributed by atoms with E-state index in [1.165, 1.54) is 12.3 Å². The van der Waals surface area contributed by atoms with Gasteiger partial charge in [-0.15, -0.1) is 0 Å². The van der Waals surface area contributed by atoms with E-state index >= 15 is 0 Å². The van der Waals surface area contributed by atoms with E-state index in [1.54, 1.807) is 12.4 Å². The van der Waals surface area contributed by atoms with Crippen molar-refractivity contribution < 1.29 is 4.79 Å². The Morgan fingerprint density at radius 3 is 2.54 bits per heavy atom. The minimum absolute atomic E-state index is 0.0577.